The van der Waals surface area contributed by atoms with Crippen LogP contribution in [0.1, 0.15) is 25.3 Å². The van der Waals surface area contributed by atoms with E-state index in [0.717, 1.165) is 19.4 Å². The van der Waals surface area contributed by atoms with Gasteiger partial charge < -0.3 is 15.0 Å². The second kappa shape index (κ2) is 7.76. The zero-order valence-electron chi connectivity index (χ0n) is 12.6. The van der Waals surface area contributed by atoms with E-state index < -0.39 is 0 Å². The predicted octanol–water partition coefficient (Wildman–Crippen LogP) is 1.82. The number of benzene rings is 1. The molecule has 5 nitrogen and oxygen atoms in total. The van der Waals surface area contributed by atoms with Crippen molar-refractivity contribution < 1.29 is 13.9 Å². The second-order valence-electron chi connectivity index (χ2n) is 5.25. The van der Waals surface area contributed by atoms with Crippen LogP contribution in [0.25, 0.3) is 0 Å². The fraction of sp³-hybridized carbons (Fsp3) is 0.500. The van der Waals surface area contributed by atoms with Gasteiger partial charge in [0.15, 0.2) is 0 Å². The number of piperidine rings is 1. The summed E-state index contributed by atoms with van der Waals surface area (Å²) in [6.07, 6.45) is 1.85. The molecule has 22 heavy (non-hydrogen) atoms. The lowest BCUT2D eigenvalue weighted by Crippen LogP contribution is -2.47. The lowest BCUT2D eigenvalue weighted by molar-refractivity contribution is -0.142. The van der Waals surface area contributed by atoms with Crippen molar-refractivity contribution in [1.29, 1.82) is 5.26 Å². The first-order chi connectivity index (χ1) is 10.6. The molecule has 0 saturated carbocycles. The third kappa shape index (κ3) is 4.18. The highest BCUT2D eigenvalue weighted by Gasteiger charge is 2.22. The maximum atomic E-state index is 14.1. The van der Waals surface area contributed by atoms with Crippen molar-refractivity contribution in [2.45, 2.75) is 25.8 Å². The lowest BCUT2D eigenvalue weighted by atomic mass is 10.0. The molecule has 1 aromatic carbocycles. The Labute approximate surface area is 129 Å². The van der Waals surface area contributed by atoms with E-state index in [9.17, 15) is 9.18 Å². The van der Waals surface area contributed by atoms with Crippen molar-refractivity contribution in [3.05, 3.63) is 29.6 Å². The van der Waals surface area contributed by atoms with Crippen molar-refractivity contribution in [1.82, 2.24) is 5.32 Å². The normalized spacial score (nSPS) is 17.9. The molecule has 0 aromatic heterocycles. The van der Waals surface area contributed by atoms with E-state index >= 15 is 0 Å². The third-order valence-electron chi connectivity index (χ3n) is 3.68. The quantitative estimate of drug-likeness (QED) is 0.841. The minimum Gasteiger partial charge on any atom is -0.465 e. The Morgan fingerprint density at radius 2 is 2.41 bits per heavy atom. The second-order valence-corrected chi connectivity index (χ2v) is 5.25. The standard InChI is InChI=1S/C16H20FN3O2/c1-2-22-16(21)10-19-13-4-3-7-20(11-13)15-6-5-12(9-18)8-14(15)17/h5-6,8,13,19H,2-4,7,10-11H2,1H3/t13-/m1/s1. The third-order valence-corrected chi connectivity index (χ3v) is 3.68. The molecule has 0 amide bonds. The van der Waals surface area contributed by atoms with Crippen LogP contribution in [0.4, 0.5) is 10.1 Å². The predicted molar refractivity (Wildman–Crippen MR) is 81.0 cm³/mol. The summed E-state index contributed by atoms with van der Waals surface area (Å²) in [7, 11) is 0. The highest BCUT2D eigenvalue weighted by molar-refractivity contribution is 5.71. The van der Waals surface area contributed by atoms with Gasteiger partial charge in [-0.05, 0) is 38.0 Å². The van der Waals surface area contributed by atoms with Crippen LogP contribution in [-0.2, 0) is 9.53 Å². The molecular formula is C16H20FN3O2. The van der Waals surface area contributed by atoms with Crippen LogP contribution in [0.2, 0.25) is 0 Å². The molecule has 1 aliphatic heterocycles. The molecular weight excluding hydrogens is 285 g/mol. The smallest absolute Gasteiger partial charge is 0.319 e. The molecule has 1 atom stereocenters. The van der Waals surface area contributed by atoms with E-state index in [-0.39, 0.29) is 24.4 Å². The molecule has 1 heterocycles. The van der Waals surface area contributed by atoms with Crippen LogP contribution in [0.15, 0.2) is 18.2 Å². The van der Waals surface area contributed by atoms with Gasteiger partial charge in [0, 0.05) is 19.1 Å². The lowest BCUT2D eigenvalue weighted by Gasteiger charge is -2.35. The molecule has 6 heteroatoms. The number of hydrogen-bond acceptors (Lipinski definition) is 5. The number of esters is 1. The highest BCUT2D eigenvalue weighted by Crippen LogP contribution is 2.24. The number of rotatable bonds is 5. The van der Waals surface area contributed by atoms with Gasteiger partial charge >= 0.3 is 5.97 Å². The van der Waals surface area contributed by atoms with Gasteiger partial charge in [0.25, 0.3) is 0 Å². The number of nitrogens with one attached hydrogen (secondary N) is 1. The van der Waals surface area contributed by atoms with E-state index in [4.69, 9.17) is 10.00 Å². The van der Waals surface area contributed by atoms with Crippen molar-refractivity contribution in [3.63, 3.8) is 0 Å². The Morgan fingerprint density at radius 3 is 3.09 bits per heavy atom. The van der Waals surface area contributed by atoms with E-state index in [1.165, 1.54) is 6.07 Å². The van der Waals surface area contributed by atoms with E-state index in [1.54, 1.807) is 19.1 Å². The molecule has 1 aliphatic rings. The average molecular weight is 305 g/mol. The van der Waals surface area contributed by atoms with Gasteiger partial charge in [0.05, 0.1) is 30.5 Å². The Kier molecular flexibility index (Phi) is 5.73. The first kappa shape index (κ1) is 16.2. The molecule has 0 bridgehead atoms. The van der Waals surface area contributed by atoms with Gasteiger partial charge in [-0.1, -0.05) is 0 Å². The molecule has 0 unspecified atom stereocenters. The molecule has 2 rings (SSSR count). The molecule has 0 spiro atoms. The van der Waals surface area contributed by atoms with Crippen LogP contribution in [0.5, 0.6) is 0 Å². The Bertz CT molecular complexity index is 571. The van der Waals surface area contributed by atoms with Gasteiger partial charge in [-0.3, -0.25) is 4.79 Å². The Hall–Kier alpha value is -2.13. The molecule has 0 aliphatic carbocycles. The fourth-order valence-electron chi connectivity index (χ4n) is 2.64. The molecule has 1 saturated heterocycles. The van der Waals surface area contributed by atoms with Crippen molar-refractivity contribution >= 4 is 11.7 Å². The summed E-state index contributed by atoms with van der Waals surface area (Å²) in [5, 5.41) is 11.9. The van der Waals surface area contributed by atoms with Crippen LogP contribution in [-0.4, -0.2) is 38.3 Å². The number of nitriles is 1. The van der Waals surface area contributed by atoms with Crippen LogP contribution >= 0.6 is 0 Å². The largest absolute Gasteiger partial charge is 0.465 e. The fourth-order valence-corrected chi connectivity index (χ4v) is 2.64. The zero-order chi connectivity index (χ0) is 15.9. The van der Waals surface area contributed by atoms with Crippen molar-refractivity contribution in [2.24, 2.45) is 0 Å². The molecule has 118 valence electrons. The maximum Gasteiger partial charge on any atom is 0.319 e. The van der Waals surface area contributed by atoms with Gasteiger partial charge in [0.2, 0.25) is 0 Å². The van der Waals surface area contributed by atoms with E-state index in [0.29, 0.717) is 24.4 Å². The van der Waals surface area contributed by atoms with Crippen molar-refractivity contribution in [2.75, 3.05) is 31.1 Å². The first-order valence-corrected chi connectivity index (χ1v) is 7.47. The van der Waals surface area contributed by atoms with Crippen molar-refractivity contribution in [3.8, 4) is 6.07 Å². The Balaban J connectivity index is 1.96. The Morgan fingerprint density at radius 1 is 1.59 bits per heavy atom. The molecule has 1 N–H and O–H groups in total. The monoisotopic (exact) mass is 305 g/mol. The number of ether oxygens (including phenoxy) is 1. The van der Waals surface area contributed by atoms with Gasteiger partial charge in [-0.15, -0.1) is 0 Å². The number of carbonyl (C=O) groups excluding carboxylic acids is 1. The van der Waals surface area contributed by atoms with E-state index in [2.05, 4.69) is 5.32 Å². The topological polar surface area (TPSA) is 65.4 Å². The molecule has 1 aromatic rings. The molecule has 0 radical (unpaired) electrons. The van der Waals surface area contributed by atoms with E-state index in [1.807, 2.05) is 11.0 Å². The summed E-state index contributed by atoms with van der Waals surface area (Å²) in [6.45, 7) is 3.70. The number of halogens is 1. The van der Waals surface area contributed by atoms with Crippen LogP contribution < -0.4 is 10.2 Å². The average Bonchev–Trinajstić information content (AvgIpc) is 2.53. The van der Waals surface area contributed by atoms with Gasteiger partial charge in [-0.2, -0.15) is 5.26 Å². The van der Waals surface area contributed by atoms with Crippen LogP contribution in [0, 0.1) is 17.1 Å². The SMILES string of the molecule is CCOC(=O)CN[C@@H]1CCCN(c2ccc(C#N)cc2F)C1. The summed E-state index contributed by atoms with van der Waals surface area (Å²) in [6, 6.07) is 6.56. The summed E-state index contributed by atoms with van der Waals surface area (Å²) >= 11 is 0. The number of anilines is 1. The summed E-state index contributed by atoms with van der Waals surface area (Å²) < 4.78 is 19.0. The highest BCUT2D eigenvalue weighted by atomic mass is 19.1. The van der Waals surface area contributed by atoms with Gasteiger partial charge in [0.1, 0.15) is 5.82 Å². The minimum atomic E-state index is -0.384. The maximum absolute atomic E-state index is 14.1. The number of hydrogen-bond donors (Lipinski definition) is 1. The minimum absolute atomic E-state index is 0.119. The van der Waals surface area contributed by atoms with Gasteiger partial charge in [-0.25, -0.2) is 4.39 Å². The summed E-state index contributed by atoms with van der Waals surface area (Å²) in [4.78, 5) is 13.3. The summed E-state index contributed by atoms with van der Waals surface area (Å²) in [5.74, 6) is -0.658. The number of carbonyl (C=O) groups is 1. The molecule has 1 fully saturated rings. The number of nitrogens with zero attached hydrogens (tertiary/aromatic N) is 2. The first-order valence-electron chi connectivity index (χ1n) is 7.47. The summed E-state index contributed by atoms with van der Waals surface area (Å²) in [5.41, 5.74) is 0.817. The van der Waals surface area contributed by atoms with Crippen LogP contribution in [0.3, 0.4) is 0 Å². The zero-order valence-corrected chi connectivity index (χ0v) is 12.6.